The zero-order chi connectivity index (χ0) is 50.2. The van der Waals surface area contributed by atoms with Gasteiger partial charge in [0, 0.05) is 43.0 Å². The molecule has 0 spiro atoms. The Labute approximate surface area is 425 Å². The molecular weight excluding hydrogens is 883 g/mol. The van der Waals surface area contributed by atoms with Gasteiger partial charge in [0.05, 0.1) is 12.2 Å². The molecule has 0 aromatic heterocycles. The molecule has 0 aromatic carbocycles. The number of ketones is 2. The van der Waals surface area contributed by atoms with Gasteiger partial charge in [0.15, 0.2) is 30.6 Å². The Morgan fingerprint density at radius 1 is 0.786 bits per heavy atom. The van der Waals surface area contributed by atoms with Gasteiger partial charge in [0.1, 0.15) is 0 Å². The second-order valence-electron chi connectivity index (χ2n) is 22.6. The molecule has 402 valence electrons. The average molecular weight is 984 g/mol. The number of hydrogen-bond donors (Lipinski definition) is 2. The van der Waals surface area contributed by atoms with Crippen LogP contribution < -0.4 is 0 Å². The largest absolute Gasteiger partial charge is 0.458 e. The molecule has 0 amide bonds. The number of aliphatic hydroxyl groups excluding tert-OH is 2. The van der Waals surface area contributed by atoms with E-state index in [4.69, 9.17) is 23.7 Å². The van der Waals surface area contributed by atoms with E-state index in [1.165, 1.54) is 83.5 Å². The van der Waals surface area contributed by atoms with Gasteiger partial charge in [-0.25, -0.2) is 0 Å². The molecule has 0 radical (unpaired) electrons. The first kappa shape index (κ1) is 58.9. The van der Waals surface area contributed by atoms with Crippen molar-refractivity contribution in [1.29, 1.82) is 0 Å². The molecule has 3 saturated carbocycles. The first-order chi connectivity index (χ1) is 34.0. The van der Waals surface area contributed by atoms with Crippen LogP contribution in [0.15, 0.2) is 23.8 Å². The van der Waals surface area contributed by atoms with Gasteiger partial charge in [0.25, 0.3) is 0 Å². The Balaban J connectivity index is 1.01. The van der Waals surface area contributed by atoms with Crippen LogP contribution in [0.5, 0.6) is 0 Å². The Bertz CT molecular complexity index is 1580. The summed E-state index contributed by atoms with van der Waals surface area (Å²) in [5.74, 6) is -0.489. The summed E-state index contributed by atoms with van der Waals surface area (Å²) in [5.41, 5.74) is -1.32. The lowest BCUT2D eigenvalue weighted by molar-refractivity contribution is -0.201. The Morgan fingerprint density at radius 3 is 2.03 bits per heavy atom. The molecule has 9 unspecified atom stereocenters. The first-order valence-electron chi connectivity index (χ1n) is 29.2. The van der Waals surface area contributed by atoms with Gasteiger partial charge in [-0.15, -0.1) is 0 Å². The highest BCUT2D eigenvalue weighted by atomic mass is 16.7. The van der Waals surface area contributed by atoms with E-state index >= 15 is 0 Å². The van der Waals surface area contributed by atoms with Crippen molar-refractivity contribution < 1.29 is 48.3 Å². The fraction of sp³-hybridized carbons (Fsp3) is 0.881. The number of rotatable bonds is 39. The summed E-state index contributed by atoms with van der Waals surface area (Å²) in [5, 5.41) is 21.5. The second-order valence-corrected chi connectivity index (χ2v) is 22.6. The first-order valence-corrected chi connectivity index (χ1v) is 29.2. The minimum atomic E-state index is -1.30. The van der Waals surface area contributed by atoms with Gasteiger partial charge >= 0.3 is 5.97 Å². The molecule has 0 bridgehead atoms. The van der Waals surface area contributed by atoms with Crippen molar-refractivity contribution in [2.75, 3.05) is 46.1 Å². The molecular formula is C59H101NO10. The van der Waals surface area contributed by atoms with Gasteiger partial charge in [-0.05, 0) is 134 Å². The van der Waals surface area contributed by atoms with Crippen molar-refractivity contribution in [1.82, 2.24) is 4.90 Å². The second kappa shape index (κ2) is 31.0. The van der Waals surface area contributed by atoms with Crippen LogP contribution in [0, 0.1) is 28.6 Å². The summed E-state index contributed by atoms with van der Waals surface area (Å²) in [6.45, 7) is 15.3. The van der Waals surface area contributed by atoms with E-state index in [0.29, 0.717) is 25.7 Å². The standard InChI is InChI=1S/C59H101NO10/c1-6-9-11-13-18-27-40-66-54(67-41-28-19-14-12-10-7-2)31-22-16-15-17-23-36-60(38-25-26-39-61)37-24-20-21-30-53(65)68-45-51(64)59-52(69-55(70-59)29-8-3)43-49-48-33-32-46-42-47(62)34-35-57(46,4)56(48)50(63)44-58(49,59)5/h34-35,42,48-50,52,54-56,61,63H,6-33,36-41,43-45H2,1-5H3. The molecule has 4 fully saturated rings. The minimum Gasteiger partial charge on any atom is -0.458 e. The van der Waals surface area contributed by atoms with Crippen molar-refractivity contribution in [3.63, 3.8) is 0 Å². The maximum Gasteiger partial charge on any atom is 0.306 e. The Morgan fingerprint density at radius 2 is 1.39 bits per heavy atom. The predicted molar refractivity (Wildman–Crippen MR) is 278 cm³/mol. The van der Waals surface area contributed by atoms with Crippen molar-refractivity contribution in [3.05, 3.63) is 23.8 Å². The molecule has 2 N–H and O–H groups in total. The molecule has 1 heterocycles. The number of hydrogen-bond acceptors (Lipinski definition) is 11. The average Bonchev–Trinajstić information content (AvgIpc) is 3.83. The lowest BCUT2D eigenvalue weighted by Gasteiger charge is -2.59. The van der Waals surface area contributed by atoms with Crippen LogP contribution in [0.25, 0.3) is 0 Å². The van der Waals surface area contributed by atoms with Gasteiger partial charge in [-0.1, -0.05) is 143 Å². The van der Waals surface area contributed by atoms with Crippen molar-refractivity contribution in [2.45, 2.75) is 258 Å². The molecule has 5 rings (SSSR count). The van der Waals surface area contributed by atoms with Crippen LogP contribution in [0.4, 0.5) is 0 Å². The monoisotopic (exact) mass is 984 g/mol. The minimum absolute atomic E-state index is 0.00736. The van der Waals surface area contributed by atoms with Crippen molar-refractivity contribution in [3.8, 4) is 0 Å². The van der Waals surface area contributed by atoms with E-state index in [0.717, 1.165) is 115 Å². The number of carbonyl (C=O) groups is 3. The fourth-order valence-corrected chi connectivity index (χ4v) is 13.5. The SMILES string of the molecule is CCCCCCCCOC(CCCCCCCN(CCCCO)CCCCCC(=O)OCC(=O)C12OC(CCC)OC1CC1C3CCC4=CC(=O)C=CC4(C)C3C(O)CC12C)OCCCCCCCC. The number of ether oxygens (including phenoxy) is 5. The molecule has 1 saturated heterocycles. The Hall–Kier alpha value is -1.99. The molecule has 11 nitrogen and oxygen atoms in total. The summed E-state index contributed by atoms with van der Waals surface area (Å²) < 4.78 is 31.6. The van der Waals surface area contributed by atoms with Crippen LogP contribution in [0.1, 0.15) is 227 Å². The molecule has 9 atom stereocenters. The highest BCUT2D eigenvalue weighted by molar-refractivity contribution is 6.01. The van der Waals surface area contributed by atoms with Crippen molar-refractivity contribution in [2.24, 2.45) is 28.6 Å². The number of carbonyl (C=O) groups excluding carboxylic acids is 3. The maximum atomic E-state index is 14.6. The summed E-state index contributed by atoms with van der Waals surface area (Å²) >= 11 is 0. The molecule has 4 aliphatic carbocycles. The third-order valence-electron chi connectivity index (χ3n) is 17.3. The summed E-state index contributed by atoms with van der Waals surface area (Å²) in [6, 6.07) is 0. The lowest BCUT2D eigenvalue weighted by Crippen LogP contribution is -2.63. The smallest absolute Gasteiger partial charge is 0.306 e. The van der Waals surface area contributed by atoms with Gasteiger partial charge in [-0.3, -0.25) is 14.4 Å². The summed E-state index contributed by atoms with van der Waals surface area (Å²) in [7, 11) is 0. The van der Waals surface area contributed by atoms with E-state index < -0.39 is 34.9 Å². The molecule has 70 heavy (non-hydrogen) atoms. The summed E-state index contributed by atoms with van der Waals surface area (Å²) in [4.78, 5) is 42.7. The van der Waals surface area contributed by atoms with Crippen LogP contribution in [-0.2, 0) is 38.1 Å². The Kier molecular flexibility index (Phi) is 26.1. The van der Waals surface area contributed by atoms with Gasteiger partial charge < -0.3 is 38.8 Å². The van der Waals surface area contributed by atoms with Crippen LogP contribution >= 0.6 is 0 Å². The van der Waals surface area contributed by atoms with Gasteiger partial charge in [0.2, 0.25) is 5.78 Å². The van der Waals surface area contributed by atoms with Crippen LogP contribution in [0.2, 0.25) is 0 Å². The van der Waals surface area contributed by atoms with E-state index in [9.17, 15) is 24.6 Å². The van der Waals surface area contributed by atoms with Crippen LogP contribution in [-0.4, -0.2) is 109 Å². The van der Waals surface area contributed by atoms with E-state index in [1.54, 1.807) is 12.2 Å². The number of Topliss-reactive ketones (excluding diaryl/α,β-unsaturated/α-hetero) is 1. The number of aliphatic hydroxyl groups is 2. The number of allylic oxidation sites excluding steroid dienone is 4. The van der Waals surface area contributed by atoms with E-state index in [1.807, 2.05) is 6.08 Å². The predicted octanol–water partition coefficient (Wildman–Crippen LogP) is 12.3. The quantitative estimate of drug-likeness (QED) is 0.0345. The maximum absolute atomic E-state index is 14.6. The third kappa shape index (κ3) is 16.3. The van der Waals surface area contributed by atoms with Crippen molar-refractivity contribution >= 4 is 17.5 Å². The normalized spacial score (nSPS) is 29.0. The molecule has 5 aliphatic rings. The third-order valence-corrected chi connectivity index (χ3v) is 17.3. The lowest BCUT2D eigenvalue weighted by atomic mass is 9.46. The number of unbranched alkanes of at least 4 members (excludes halogenated alkanes) is 17. The fourth-order valence-electron chi connectivity index (χ4n) is 13.5. The topological polar surface area (TPSA) is 141 Å². The highest BCUT2D eigenvalue weighted by Gasteiger charge is 2.76. The molecule has 11 heteroatoms. The zero-order valence-electron chi connectivity index (χ0n) is 45.0. The number of fused-ring (bicyclic) bond motifs is 7. The van der Waals surface area contributed by atoms with E-state index in [-0.39, 0.29) is 61.2 Å². The molecule has 0 aromatic rings. The molecule has 1 aliphatic heterocycles. The van der Waals surface area contributed by atoms with E-state index in [2.05, 4.69) is 39.5 Å². The summed E-state index contributed by atoms with van der Waals surface area (Å²) in [6.07, 6.45) is 34.5. The number of nitrogens with zero attached hydrogens (tertiary/aromatic N) is 1. The highest BCUT2D eigenvalue weighted by Crippen LogP contribution is 2.69. The number of esters is 1. The van der Waals surface area contributed by atoms with Gasteiger partial charge in [-0.2, -0.15) is 0 Å². The zero-order valence-corrected chi connectivity index (χ0v) is 45.0. The van der Waals surface area contributed by atoms with Crippen LogP contribution in [0.3, 0.4) is 0 Å².